The van der Waals surface area contributed by atoms with Gasteiger partial charge in [-0.2, -0.15) is 0 Å². The molecular weight excluding hydrogens is 182 g/mol. The number of aliphatic hydroxyl groups is 1. The van der Waals surface area contributed by atoms with Crippen LogP contribution in [0.3, 0.4) is 0 Å². The third-order valence-electron chi connectivity index (χ3n) is 1.16. The fourth-order valence-electron chi connectivity index (χ4n) is 0.770. The third kappa shape index (κ3) is 5.48. The second-order valence-electron chi connectivity index (χ2n) is 2.52. The lowest BCUT2D eigenvalue weighted by atomic mass is 10.4. The minimum absolute atomic E-state index is 0.258. The van der Waals surface area contributed by atoms with Crippen molar-refractivity contribution in [3.63, 3.8) is 0 Å². The Morgan fingerprint density at radius 3 is 2.58 bits per heavy atom. The maximum Gasteiger partial charge on any atom is 0.214 e. The van der Waals surface area contributed by atoms with Crippen LogP contribution >= 0.6 is 0 Å². The zero-order valence-electron chi connectivity index (χ0n) is 7.28. The Hall–Kier alpha value is -0.170. The Bertz CT molecular complexity index is 202. The Balaban J connectivity index is 3.89. The quantitative estimate of drug-likeness (QED) is 0.568. The molecule has 0 aromatic heterocycles. The molecule has 0 aliphatic rings. The van der Waals surface area contributed by atoms with Gasteiger partial charge in [0.05, 0.1) is 19.0 Å². The molecule has 6 heteroatoms. The molecule has 0 heterocycles. The van der Waals surface area contributed by atoms with Crippen LogP contribution < -0.4 is 4.72 Å². The highest BCUT2D eigenvalue weighted by molar-refractivity contribution is 7.89. The fraction of sp³-hybridized carbons (Fsp3) is 1.00. The molecule has 0 fully saturated rings. The van der Waals surface area contributed by atoms with E-state index in [0.717, 1.165) is 0 Å². The molecule has 0 aliphatic heterocycles. The van der Waals surface area contributed by atoms with E-state index >= 15 is 0 Å². The van der Waals surface area contributed by atoms with Crippen LogP contribution in [-0.2, 0) is 14.8 Å². The molecule has 2 N–H and O–H groups in total. The van der Waals surface area contributed by atoms with Gasteiger partial charge in [0.15, 0.2) is 0 Å². The standard InChI is InChI=1S/C6H15NO4S/c1-6(5-11-2)7-12(9,10)4-3-8/h6-8H,3-5H2,1-2H3. The topological polar surface area (TPSA) is 75.6 Å². The summed E-state index contributed by atoms with van der Waals surface area (Å²) in [4.78, 5) is 0. The van der Waals surface area contributed by atoms with Gasteiger partial charge in [-0.3, -0.25) is 0 Å². The molecule has 0 aliphatic carbocycles. The molecule has 5 nitrogen and oxygen atoms in total. The molecule has 0 rings (SSSR count). The average Bonchev–Trinajstić information content (AvgIpc) is 1.85. The maximum absolute atomic E-state index is 11.0. The van der Waals surface area contributed by atoms with Crippen LogP contribution in [0.5, 0.6) is 0 Å². The predicted octanol–water partition coefficient (Wildman–Crippen LogP) is -1.07. The van der Waals surface area contributed by atoms with Crippen LogP contribution in [0.15, 0.2) is 0 Å². The van der Waals surface area contributed by atoms with E-state index in [9.17, 15) is 8.42 Å². The Morgan fingerprint density at radius 2 is 2.17 bits per heavy atom. The monoisotopic (exact) mass is 197 g/mol. The van der Waals surface area contributed by atoms with Crippen LogP contribution in [0, 0.1) is 0 Å². The van der Waals surface area contributed by atoms with Crippen LogP contribution in [0.4, 0.5) is 0 Å². The number of nitrogens with one attached hydrogen (secondary N) is 1. The lowest BCUT2D eigenvalue weighted by molar-refractivity contribution is 0.180. The first-order valence-electron chi connectivity index (χ1n) is 3.61. The maximum atomic E-state index is 11.0. The molecule has 0 radical (unpaired) electrons. The van der Waals surface area contributed by atoms with Crippen molar-refractivity contribution in [3.8, 4) is 0 Å². The van der Waals surface area contributed by atoms with E-state index in [1.54, 1.807) is 6.92 Å². The number of rotatable bonds is 6. The molecule has 74 valence electrons. The van der Waals surface area contributed by atoms with Gasteiger partial charge in [-0.15, -0.1) is 0 Å². The number of methoxy groups -OCH3 is 1. The number of hydrogen-bond acceptors (Lipinski definition) is 4. The summed E-state index contributed by atoms with van der Waals surface area (Å²) in [7, 11) is -1.84. The van der Waals surface area contributed by atoms with E-state index < -0.39 is 10.0 Å². The number of ether oxygens (including phenoxy) is 1. The molecule has 0 spiro atoms. The molecule has 0 bridgehead atoms. The molecule has 0 aromatic rings. The highest BCUT2D eigenvalue weighted by Crippen LogP contribution is 1.89. The molecule has 0 saturated carbocycles. The van der Waals surface area contributed by atoms with Crippen molar-refractivity contribution >= 4 is 10.0 Å². The lowest BCUT2D eigenvalue weighted by Gasteiger charge is -2.11. The zero-order valence-corrected chi connectivity index (χ0v) is 8.10. The van der Waals surface area contributed by atoms with Gasteiger partial charge in [-0.1, -0.05) is 0 Å². The second kappa shape index (κ2) is 5.47. The number of sulfonamides is 1. The first-order valence-corrected chi connectivity index (χ1v) is 5.27. The van der Waals surface area contributed by atoms with E-state index in [1.165, 1.54) is 7.11 Å². The van der Waals surface area contributed by atoms with Gasteiger partial charge in [0.2, 0.25) is 10.0 Å². The first kappa shape index (κ1) is 11.8. The summed E-state index contributed by atoms with van der Waals surface area (Å²) in [5.74, 6) is -0.263. The summed E-state index contributed by atoms with van der Waals surface area (Å²) >= 11 is 0. The van der Waals surface area contributed by atoms with Crippen molar-refractivity contribution < 1.29 is 18.3 Å². The summed E-state index contributed by atoms with van der Waals surface area (Å²) < 4.78 is 29.1. The highest BCUT2D eigenvalue weighted by Gasteiger charge is 2.12. The van der Waals surface area contributed by atoms with Crippen molar-refractivity contribution in [2.24, 2.45) is 0 Å². The van der Waals surface area contributed by atoms with Crippen molar-refractivity contribution in [1.29, 1.82) is 0 Å². The highest BCUT2D eigenvalue weighted by atomic mass is 32.2. The van der Waals surface area contributed by atoms with Crippen LogP contribution in [0.1, 0.15) is 6.92 Å². The molecule has 1 atom stereocenters. The van der Waals surface area contributed by atoms with E-state index in [1.807, 2.05) is 0 Å². The smallest absolute Gasteiger partial charge is 0.214 e. The third-order valence-corrected chi connectivity index (χ3v) is 2.64. The molecule has 0 saturated heterocycles. The van der Waals surface area contributed by atoms with Gasteiger partial charge in [-0.25, -0.2) is 13.1 Å². The Labute approximate surface area is 72.8 Å². The molecule has 0 amide bonds. The van der Waals surface area contributed by atoms with E-state index in [2.05, 4.69) is 4.72 Å². The zero-order chi connectivity index (χ0) is 9.61. The Kier molecular flexibility index (Phi) is 5.39. The summed E-state index contributed by atoms with van der Waals surface area (Å²) in [5, 5.41) is 8.39. The van der Waals surface area contributed by atoms with E-state index in [0.29, 0.717) is 6.61 Å². The van der Waals surface area contributed by atoms with Crippen molar-refractivity contribution in [1.82, 2.24) is 4.72 Å². The van der Waals surface area contributed by atoms with E-state index in [-0.39, 0.29) is 18.4 Å². The van der Waals surface area contributed by atoms with E-state index in [4.69, 9.17) is 9.84 Å². The van der Waals surface area contributed by atoms with Crippen LogP contribution in [0.25, 0.3) is 0 Å². The van der Waals surface area contributed by atoms with Gasteiger partial charge < -0.3 is 9.84 Å². The summed E-state index contributed by atoms with van der Waals surface area (Å²) in [6, 6.07) is -0.258. The predicted molar refractivity (Wildman–Crippen MR) is 45.3 cm³/mol. The number of hydrogen-bond donors (Lipinski definition) is 2. The van der Waals surface area contributed by atoms with Crippen molar-refractivity contribution in [3.05, 3.63) is 0 Å². The molecule has 12 heavy (non-hydrogen) atoms. The normalized spacial score (nSPS) is 14.6. The summed E-state index contributed by atoms with van der Waals surface area (Å²) in [6.45, 7) is 1.65. The average molecular weight is 197 g/mol. The molecule has 1 unspecified atom stereocenters. The lowest BCUT2D eigenvalue weighted by Crippen LogP contribution is -2.37. The summed E-state index contributed by atoms with van der Waals surface area (Å²) in [6.07, 6.45) is 0. The first-order chi connectivity index (χ1) is 5.52. The van der Waals surface area contributed by atoms with Crippen LogP contribution in [0.2, 0.25) is 0 Å². The van der Waals surface area contributed by atoms with Crippen molar-refractivity contribution in [2.45, 2.75) is 13.0 Å². The van der Waals surface area contributed by atoms with Gasteiger partial charge in [0.25, 0.3) is 0 Å². The minimum Gasteiger partial charge on any atom is -0.395 e. The van der Waals surface area contributed by atoms with Gasteiger partial charge in [0.1, 0.15) is 0 Å². The number of aliphatic hydroxyl groups excluding tert-OH is 1. The molecular formula is C6H15NO4S. The van der Waals surface area contributed by atoms with Gasteiger partial charge in [0, 0.05) is 13.2 Å². The van der Waals surface area contributed by atoms with Gasteiger partial charge >= 0.3 is 0 Å². The second-order valence-corrected chi connectivity index (χ2v) is 4.39. The SMILES string of the molecule is COCC(C)NS(=O)(=O)CCO. The van der Waals surface area contributed by atoms with Crippen LogP contribution in [-0.4, -0.2) is 45.6 Å². The van der Waals surface area contributed by atoms with Crippen molar-refractivity contribution in [2.75, 3.05) is 26.1 Å². The Morgan fingerprint density at radius 1 is 1.58 bits per heavy atom. The molecule has 0 aromatic carbocycles. The summed E-state index contributed by atoms with van der Waals surface area (Å²) in [5.41, 5.74) is 0. The fourth-order valence-corrected chi connectivity index (χ4v) is 1.81. The minimum atomic E-state index is -3.33. The van der Waals surface area contributed by atoms with Gasteiger partial charge in [-0.05, 0) is 6.92 Å². The largest absolute Gasteiger partial charge is 0.395 e.